The molecule has 1 rings (SSSR count). The summed E-state index contributed by atoms with van der Waals surface area (Å²) in [6.07, 6.45) is 3.37. The van der Waals surface area contributed by atoms with Crippen LogP contribution >= 0.6 is 22.9 Å². The Balaban J connectivity index is 2.08. The Morgan fingerprint density at radius 1 is 1.56 bits per heavy atom. The molecule has 1 atom stereocenters. The van der Waals surface area contributed by atoms with Gasteiger partial charge in [-0.1, -0.05) is 0 Å². The van der Waals surface area contributed by atoms with E-state index in [0.717, 1.165) is 13.0 Å². The van der Waals surface area contributed by atoms with E-state index in [4.69, 9.17) is 9.57 Å². The third-order valence-corrected chi connectivity index (χ3v) is 1.57. The zero-order chi connectivity index (χ0) is 6.53. The van der Waals surface area contributed by atoms with E-state index in [1.165, 1.54) is 12.8 Å². The molecule has 0 aliphatic carbocycles. The van der Waals surface area contributed by atoms with Gasteiger partial charge in [0.2, 0.25) is 0 Å². The van der Waals surface area contributed by atoms with E-state index in [1.54, 1.807) is 0 Å². The molecule has 0 amide bonds. The number of rotatable bonds is 2. The lowest BCUT2D eigenvalue weighted by Crippen LogP contribution is -2.24. The molecule has 1 unspecified atom stereocenters. The van der Waals surface area contributed by atoms with E-state index in [-0.39, 0.29) is 6.29 Å². The Morgan fingerprint density at radius 2 is 2.44 bits per heavy atom. The van der Waals surface area contributed by atoms with Gasteiger partial charge in [-0.2, -0.15) is 0 Å². The zero-order valence-electron chi connectivity index (χ0n) is 5.10. The van der Waals surface area contributed by atoms with Crippen molar-refractivity contribution >= 4 is 22.9 Å². The van der Waals surface area contributed by atoms with Crippen LogP contribution < -0.4 is 3.69 Å². The molecule has 0 saturated carbocycles. The lowest BCUT2D eigenvalue weighted by Gasteiger charge is -2.20. The normalized spacial score (nSPS) is 28.3. The molecule has 0 aromatic rings. The maximum atomic E-state index is 5.23. The molecule has 0 radical (unpaired) electrons. The van der Waals surface area contributed by atoms with Crippen molar-refractivity contribution in [3.05, 3.63) is 0 Å². The van der Waals surface area contributed by atoms with Gasteiger partial charge in [0, 0.05) is 35.9 Å². The highest BCUT2D eigenvalue weighted by Gasteiger charge is 2.12. The Morgan fingerprint density at radius 3 is 3.00 bits per heavy atom. The summed E-state index contributed by atoms with van der Waals surface area (Å²) in [6, 6.07) is 0. The standard InChI is InChI=1S/C5H10INO2/c6-7-9-5-3-1-2-4-8-5/h5,7H,1-4H2. The van der Waals surface area contributed by atoms with Gasteiger partial charge in [-0.15, -0.1) is 3.69 Å². The first-order valence-corrected chi connectivity index (χ1v) is 4.14. The predicted molar refractivity (Wildman–Crippen MR) is 41.8 cm³/mol. The van der Waals surface area contributed by atoms with E-state index < -0.39 is 0 Å². The van der Waals surface area contributed by atoms with Crippen LogP contribution in [0.3, 0.4) is 0 Å². The zero-order valence-corrected chi connectivity index (χ0v) is 7.26. The number of nitrogens with one attached hydrogen (secondary N) is 1. The number of ether oxygens (including phenoxy) is 1. The van der Waals surface area contributed by atoms with E-state index >= 15 is 0 Å². The summed E-state index contributed by atoms with van der Waals surface area (Å²) in [4.78, 5) is 5.00. The molecule has 1 aliphatic rings. The molecule has 4 heteroatoms. The van der Waals surface area contributed by atoms with Crippen LogP contribution in [0.4, 0.5) is 0 Å². The van der Waals surface area contributed by atoms with Crippen LogP contribution in [0, 0.1) is 0 Å². The Bertz CT molecular complexity index is 72.6. The lowest BCUT2D eigenvalue weighted by atomic mass is 10.2. The molecule has 3 nitrogen and oxygen atoms in total. The quantitative estimate of drug-likeness (QED) is 0.451. The first-order chi connectivity index (χ1) is 4.43. The average Bonchev–Trinajstić information content (AvgIpc) is 1.91. The maximum absolute atomic E-state index is 5.23. The lowest BCUT2D eigenvalue weighted by molar-refractivity contribution is -0.173. The minimum absolute atomic E-state index is 0.0179. The smallest absolute Gasteiger partial charge is 0.178 e. The van der Waals surface area contributed by atoms with Crippen LogP contribution in [0.2, 0.25) is 0 Å². The SMILES string of the molecule is INOC1CCCCO1. The third-order valence-electron chi connectivity index (χ3n) is 1.31. The van der Waals surface area contributed by atoms with Crippen molar-refractivity contribution in [2.24, 2.45) is 0 Å². The van der Waals surface area contributed by atoms with E-state index in [1.807, 2.05) is 22.9 Å². The number of halogens is 1. The minimum Gasteiger partial charge on any atom is -0.351 e. The van der Waals surface area contributed by atoms with Gasteiger partial charge >= 0.3 is 0 Å². The van der Waals surface area contributed by atoms with Gasteiger partial charge in [-0.3, -0.25) is 4.84 Å². The summed E-state index contributed by atoms with van der Waals surface area (Å²) in [5.74, 6) is 0. The van der Waals surface area contributed by atoms with Crippen molar-refractivity contribution < 1.29 is 9.57 Å². The van der Waals surface area contributed by atoms with Crippen molar-refractivity contribution in [2.75, 3.05) is 6.61 Å². The van der Waals surface area contributed by atoms with Gasteiger partial charge in [0.1, 0.15) is 0 Å². The summed E-state index contributed by atoms with van der Waals surface area (Å²) in [5, 5.41) is 0. The number of hydrogen-bond acceptors (Lipinski definition) is 3. The molecule has 0 aromatic heterocycles. The first-order valence-electron chi connectivity index (χ1n) is 3.06. The summed E-state index contributed by atoms with van der Waals surface area (Å²) in [5.41, 5.74) is 0. The van der Waals surface area contributed by atoms with Gasteiger partial charge in [-0.25, -0.2) is 0 Å². The van der Waals surface area contributed by atoms with Gasteiger partial charge in [0.15, 0.2) is 6.29 Å². The molecule has 9 heavy (non-hydrogen) atoms. The van der Waals surface area contributed by atoms with Crippen LogP contribution in [0.1, 0.15) is 19.3 Å². The van der Waals surface area contributed by atoms with E-state index in [0.29, 0.717) is 0 Å². The van der Waals surface area contributed by atoms with Crippen molar-refractivity contribution in [2.45, 2.75) is 25.6 Å². The fraction of sp³-hybridized carbons (Fsp3) is 1.00. The van der Waals surface area contributed by atoms with Crippen LogP contribution in [0.25, 0.3) is 0 Å². The van der Waals surface area contributed by atoms with Gasteiger partial charge in [0.25, 0.3) is 0 Å². The Labute approximate surface area is 68.5 Å². The van der Waals surface area contributed by atoms with Crippen molar-refractivity contribution in [3.8, 4) is 0 Å². The largest absolute Gasteiger partial charge is 0.351 e. The highest BCUT2D eigenvalue weighted by molar-refractivity contribution is 14.1. The highest BCUT2D eigenvalue weighted by Crippen LogP contribution is 2.12. The van der Waals surface area contributed by atoms with Crippen molar-refractivity contribution in [1.29, 1.82) is 0 Å². The topological polar surface area (TPSA) is 30.5 Å². The molecule has 1 N–H and O–H groups in total. The second-order valence-electron chi connectivity index (χ2n) is 1.99. The Hall–Kier alpha value is 0.610. The summed E-state index contributed by atoms with van der Waals surface area (Å²) >= 11 is 1.94. The average molecular weight is 243 g/mol. The summed E-state index contributed by atoms with van der Waals surface area (Å²) < 4.78 is 7.81. The third kappa shape index (κ3) is 2.79. The maximum Gasteiger partial charge on any atom is 0.178 e. The van der Waals surface area contributed by atoms with Crippen LogP contribution in [0.5, 0.6) is 0 Å². The molecule has 1 heterocycles. The highest BCUT2D eigenvalue weighted by atomic mass is 127. The molecular formula is C5H10INO2. The second-order valence-corrected chi connectivity index (χ2v) is 2.43. The molecule has 0 spiro atoms. The molecule has 0 aromatic carbocycles. The second kappa shape index (κ2) is 4.43. The molecule has 1 aliphatic heterocycles. The predicted octanol–water partition coefficient (Wildman–Crippen LogP) is 1.38. The molecule has 0 bridgehead atoms. The van der Waals surface area contributed by atoms with Crippen LogP contribution in [-0.4, -0.2) is 12.9 Å². The van der Waals surface area contributed by atoms with Gasteiger partial charge < -0.3 is 4.74 Å². The van der Waals surface area contributed by atoms with Crippen LogP contribution in [0.15, 0.2) is 0 Å². The van der Waals surface area contributed by atoms with E-state index in [2.05, 4.69) is 3.69 Å². The molecule has 1 saturated heterocycles. The van der Waals surface area contributed by atoms with Crippen molar-refractivity contribution in [3.63, 3.8) is 0 Å². The van der Waals surface area contributed by atoms with Crippen molar-refractivity contribution in [1.82, 2.24) is 3.69 Å². The fourth-order valence-corrected chi connectivity index (χ4v) is 1.14. The van der Waals surface area contributed by atoms with Gasteiger partial charge in [0.05, 0.1) is 0 Å². The molecule has 1 fully saturated rings. The fourth-order valence-electron chi connectivity index (χ4n) is 0.854. The summed E-state index contributed by atoms with van der Waals surface area (Å²) in [6.45, 7) is 0.836. The Kier molecular flexibility index (Phi) is 3.80. The molecule has 54 valence electrons. The first kappa shape index (κ1) is 7.71. The minimum atomic E-state index is -0.0179. The van der Waals surface area contributed by atoms with Crippen LogP contribution in [-0.2, 0) is 9.57 Å². The number of hydrogen-bond donors (Lipinski definition) is 1. The molecular weight excluding hydrogens is 233 g/mol. The monoisotopic (exact) mass is 243 g/mol. The van der Waals surface area contributed by atoms with Gasteiger partial charge in [-0.05, 0) is 12.8 Å². The summed E-state index contributed by atoms with van der Waals surface area (Å²) in [7, 11) is 0. The van der Waals surface area contributed by atoms with E-state index in [9.17, 15) is 0 Å².